The Morgan fingerprint density at radius 1 is 0.947 bits per heavy atom. The van der Waals surface area contributed by atoms with E-state index in [0.29, 0.717) is 5.92 Å². The normalized spacial score (nSPS) is 30.5. The van der Waals surface area contributed by atoms with Crippen molar-refractivity contribution in [1.29, 1.82) is 0 Å². The Kier molecular flexibility index (Phi) is 5.58. The van der Waals surface area contributed by atoms with Gasteiger partial charge in [-0.15, -0.1) is 0 Å². The first-order valence-corrected chi connectivity index (χ1v) is 7.84. The van der Waals surface area contributed by atoms with Gasteiger partial charge in [0.1, 0.15) is 6.61 Å². The van der Waals surface area contributed by atoms with Crippen LogP contribution < -0.4 is 5.32 Å². The highest BCUT2D eigenvalue weighted by molar-refractivity contribution is 4.88. The zero-order valence-electron chi connectivity index (χ0n) is 11.7. The van der Waals surface area contributed by atoms with Crippen molar-refractivity contribution in [3.8, 4) is 0 Å². The summed E-state index contributed by atoms with van der Waals surface area (Å²) in [7, 11) is 0. The van der Waals surface area contributed by atoms with Crippen LogP contribution in [0.15, 0.2) is 0 Å². The number of alkyl halides is 2. The molecule has 2 N–H and O–H groups in total. The van der Waals surface area contributed by atoms with Gasteiger partial charge in [-0.05, 0) is 24.7 Å². The summed E-state index contributed by atoms with van der Waals surface area (Å²) in [5.41, 5.74) is 0. The number of hydrogen-bond acceptors (Lipinski definition) is 2. The van der Waals surface area contributed by atoms with Crippen molar-refractivity contribution in [3.63, 3.8) is 0 Å². The minimum atomic E-state index is -2.98. The Morgan fingerprint density at radius 2 is 1.58 bits per heavy atom. The molecule has 2 fully saturated rings. The summed E-state index contributed by atoms with van der Waals surface area (Å²) in [6, 6.07) is 0.231. The lowest BCUT2D eigenvalue weighted by atomic mass is 9.71. The van der Waals surface area contributed by atoms with Gasteiger partial charge in [0.2, 0.25) is 0 Å². The molecule has 2 atom stereocenters. The lowest BCUT2D eigenvalue weighted by Gasteiger charge is -2.40. The van der Waals surface area contributed by atoms with Gasteiger partial charge < -0.3 is 10.4 Å². The molecule has 2 aliphatic carbocycles. The van der Waals surface area contributed by atoms with Crippen LogP contribution in [0.1, 0.15) is 57.8 Å². The molecule has 0 aromatic carbocycles. The molecule has 0 radical (unpaired) electrons. The fourth-order valence-corrected chi connectivity index (χ4v) is 3.88. The molecule has 2 nitrogen and oxygen atoms in total. The number of aliphatic hydroxyl groups excluding tert-OH is 1. The van der Waals surface area contributed by atoms with Crippen molar-refractivity contribution in [2.75, 3.05) is 13.2 Å². The average Bonchev–Trinajstić information content (AvgIpc) is 2.46. The van der Waals surface area contributed by atoms with E-state index in [9.17, 15) is 8.78 Å². The zero-order chi connectivity index (χ0) is 13.7. The average molecular weight is 275 g/mol. The van der Waals surface area contributed by atoms with Crippen molar-refractivity contribution in [1.82, 2.24) is 5.32 Å². The van der Waals surface area contributed by atoms with E-state index in [0.717, 1.165) is 18.8 Å². The van der Waals surface area contributed by atoms with Crippen molar-refractivity contribution < 1.29 is 13.9 Å². The number of aliphatic hydroxyl groups is 1. The first kappa shape index (κ1) is 15.2. The van der Waals surface area contributed by atoms with Gasteiger partial charge in [0.25, 0.3) is 5.92 Å². The Hall–Kier alpha value is -0.220. The zero-order valence-corrected chi connectivity index (χ0v) is 11.7. The predicted octanol–water partition coefficient (Wildman–Crippen LogP) is 3.34. The van der Waals surface area contributed by atoms with Gasteiger partial charge in [-0.3, -0.25) is 0 Å². The second-order valence-corrected chi connectivity index (χ2v) is 6.35. The first-order chi connectivity index (χ1) is 9.12. The van der Waals surface area contributed by atoms with Crippen molar-refractivity contribution in [2.45, 2.75) is 69.8 Å². The molecule has 2 rings (SSSR count). The first-order valence-electron chi connectivity index (χ1n) is 7.84. The van der Waals surface area contributed by atoms with Crippen LogP contribution >= 0.6 is 0 Å². The van der Waals surface area contributed by atoms with Crippen LogP contribution in [-0.4, -0.2) is 30.2 Å². The van der Waals surface area contributed by atoms with Gasteiger partial charge in [0.05, 0.1) is 6.54 Å². The van der Waals surface area contributed by atoms with E-state index in [2.05, 4.69) is 5.32 Å². The van der Waals surface area contributed by atoms with Crippen LogP contribution in [0.5, 0.6) is 0 Å². The van der Waals surface area contributed by atoms with Crippen molar-refractivity contribution in [2.24, 2.45) is 11.8 Å². The number of rotatable bonds is 5. The summed E-state index contributed by atoms with van der Waals surface area (Å²) < 4.78 is 26.3. The largest absolute Gasteiger partial charge is 0.390 e. The molecular weight excluding hydrogens is 248 g/mol. The van der Waals surface area contributed by atoms with Crippen LogP contribution in [0, 0.1) is 11.8 Å². The van der Waals surface area contributed by atoms with E-state index in [1.165, 1.54) is 44.9 Å². The molecule has 2 aliphatic rings. The highest BCUT2D eigenvalue weighted by Crippen LogP contribution is 2.38. The van der Waals surface area contributed by atoms with Gasteiger partial charge in [0.15, 0.2) is 0 Å². The molecular formula is C15H27F2NO. The minimum Gasteiger partial charge on any atom is -0.390 e. The molecule has 4 heteroatoms. The van der Waals surface area contributed by atoms with Gasteiger partial charge in [0, 0.05) is 6.04 Å². The van der Waals surface area contributed by atoms with Gasteiger partial charge in [-0.1, -0.05) is 44.9 Å². The van der Waals surface area contributed by atoms with Gasteiger partial charge in [-0.25, -0.2) is 8.78 Å². The van der Waals surface area contributed by atoms with Gasteiger partial charge >= 0.3 is 0 Å². The number of halogens is 2. The van der Waals surface area contributed by atoms with E-state index < -0.39 is 12.5 Å². The maximum Gasteiger partial charge on any atom is 0.282 e. The summed E-state index contributed by atoms with van der Waals surface area (Å²) in [5.74, 6) is -1.67. The monoisotopic (exact) mass is 275 g/mol. The summed E-state index contributed by atoms with van der Waals surface area (Å²) in [6.07, 6.45) is 11.1. The standard InChI is InChI=1S/C15H27F2NO/c16-15(17,11-19)10-18-14-9-5-4-8-13(14)12-6-2-1-3-7-12/h12-14,18-19H,1-11H2. The third-order valence-corrected chi connectivity index (χ3v) is 4.93. The van der Waals surface area contributed by atoms with E-state index >= 15 is 0 Å². The molecule has 0 aromatic rings. The molecule has 2 saturated carbocycles. The molecule has 19 heavy (non-hydrogen) atoms. The quantitative estimate of drug-likeness (QED) is 0.806. The fourth-order valence-electron chi connectivity index (χ4n) is 3.88. The highest BCUT2D eigenvalue weighted by Gasteiger charge is 2.35. The second-order valence-electron chi connectivity index (χ2n) is 6.35. The van der Waals surface area contributed by atoms with Gasteiger partial charge in [-0.2, -0.15) is 0 Å². The smallest absolute Gasteiger partial charge is 0.282 e. The second kappa shape index (κ2) is 6.98. The summed E-state index contributed by atoms with van der Waals surface area (Å²) >= 11 is 0. The summed E-state index contributed by atoms with van der Waals surface area (Å²) in [5, 5.41) is 11.7. The predicted molar refractivity (Wildman–Crippen MR) is 72.4 cm³/mol. The molecule has 0 amide bonds. The molecule has 2 unspecified atom stereocenters. The molecule has 112 valence electrons. The lowest BCUT2D eigenvalue weighted by Crippen LogP contribution is -2.47. The van der Waals surface area contributed by atoms with Crippen LogP contribution in [0.4, 0.5) is 8.78 Å². The Labute approximate surface area is 115 Å². The van der Waals surface area contributed by atoms with Crippen molar-refractivity contribution >= 4 is 0 Å². The van der Waals surface area contributed by atoms with Crippen LogP contribution in [0.3, 0.4) is 0 Å². The van der Waals surface area contributed by atoms with Crippen LogP contribution in [0.25, 0.3) is 0 Å². The molecule has 0 saturated heterocycles. The Morgan fingerprint density at radius 3 is 2.26 bits per heavy atom. The third-order valence-electron chi connectivity index (χ3n) is 4.93. The highest BCUT2D eigenvalue weighted by atomic mass is 19.3. The maximum atomic E-state index is 13.2. The van der Waals surface area contributed by atoms with E-state index in [4.69, 9.17) is 5.11 Å². The molecule has 0 aromatic heterocycles. The van der Waals surface area contributed by atoms with E-state index in [1.807, 2.05) is 0 Å². The number of hydrogen-bond donors (Lipinski definition) is 2. The maximum absolute atomic E-state index is 13.2. The van der Waals surface area contributed by atoms with Crippen LogP contribution in [-0.2, 0) is 0 Å². The molecule has 0 heterocycles. The SMILES string of the molecule is OCC(F)(F)CNC1CCCCC1C1CCCCC1. The van der Waals surface area contributed by atoms with Crippen molar-refractivity contribution in [3.05, 3.63) is 0 Å². The van der Waals surface area contributed by atoms with E-state index in [1.54, 1.807) is 0 Å². The molecule has 0 bridgehead atoms. The fraction of sp³-hybridized carbons (Fsp3) is 1.00. The third kappa shape index (κ3) is 4.38. The topological polar surface area (TPSA) is 32.3 Å². The molecule has 0 spiro atoms. The number of nitrogens with one attached hydrogen (secondary N) is 1. The van der Waals surface area contributed by atoms with E-state index in [-0.39, 0.29) is 12.6 Å². The van der Waals surface area contributed by atoms with Crippen LogP contribution in [0.2, 0.25) is 0 Å². The molecule has 0 aliphatic heterocycles. The minimum absolute atomic E-state index is 0.231. The summed E-state index contributed by atoms with van der Waals surface area (Å²) in [6.45, 7) is -1.43. The Bertz CT molecular complexity index is 267. The summed E-state index contributed by atoms with van der Waals surface area (Å²) in [4.78, 5) is 0. The lowest BCUT2D eigenvalue weighted by molar-refractivity contribution is -0.0523. The Balaban J connectivity index is 1.88.